The molecular weight excluding hydrogens is 306 g/mol. The Morgan fingerprint density at radius 2 is 2.41 bits per heavy atom. The van der Waals surface area contributed by atoms with Crippen LogP contribution in [0.3, 0.4) is 0 Å². The number of methoxy groups -OCH3 is 1. The molecule has 1 amide bonds. The van der Waals surface area contributed by atoms with Crippen LogP contribution in [0.1, 0.15) is 25.2 Å². The Morgan fingerprint density at radius 3 is 3.14 bits per heavy atom. The summed E-state index contributed by atoms with van der Waals surface area (Å²) < 4.78 is 10.5. The van der Waals surface area contributed by atoms with E-state index in [0.717, 1.165) is 30.6 Å². The summed E-state index contributed by atoms with van der Waals surface area (Å²) in [6.45, 7) is 1.34. The summed E-state index contributed by atoms with van der Waals surface area (Å²) in [6.07, 6.45) is 2.72. The van der Waals surface area contributed by atoms with E-state index in [4.69, 9.17) is 9.15 Å². The average molecular weight is 326 g/mol. The number of amides is 1. The highest BCUT2D eigenvalue weighted by Crippen LogP contribution is 2.21. The summed E-state index contributed by atoms with van der Waals surface area (Å²) in [5, 5.41) is 6.23. The molecule has 1 fully saturated rings. The number of oxazole rings is 1. The van der Waals surface area contributed by atoms with Crippen LogP contribution in [0.15, 0.2) is 22.6 Å². The van der Waals surface area contributed by atoms with Gasteiger partial charge in [-0.1, -0.05) is 0 Å². The van der Waals surface area contributed by atoms with E-state index in [1.54, 1.807) is 7.11 Å². The van der Waals surface area contributed by atoms with Gasteiger partial charge in [0, 0.05) is 25.3 Å². The van der Waals surface area contributed by atoms with Crippen molar-refractivity contribution in [1.29, 1.82) is 0 Å². The molecule has 2 N–H and O–H groups in total. The highest BCUT2D eigenvalue weighted by Gasteiger charge is 2.17. The molecule has 0 saturated carbocycles. The zero-order chi connectivity index (χ0) is 14.7. The molecule has 1 atom stereocenters. The lowest BCUT2D eigenvalue weighted by molar-refractivity contribution is -0.116. The van der Waals surface area contributed by atoms with Gasteiger partial charge in [0.2, 0.25) is 11.8 Å². The van der Waals surface area contributed by atoms with Crippen molar-refractivity contribution in [3.8, 4) is 0 Å². The number of hydrogen-bond acceptors (Lipinski definition) is 5. The van der Waals surface area contributed by atoms with Crippen molar-refractivity contribution < 1.29 is 13.9 Å². The van der Waals surface area contributed by atoms with Crippen molar-refractivity contribution >= 4 is 35.1 Å². The van der Waals surface area contributed by atoms with Crippen LogP contribution in [0.5, 0.6) is 0 Å². The molecule has 2 aromatic rings. The Balaban J connectivity index is 0.00000176. The third kappa shape index (κ3) is 3.97. The maximum Gasteiger partial charge on any atom is 0.225 e. The number of fused-ring (bicyclic) bond motifs is 1. The first kappa shape index (κ1) is 16.7. The first-order chi connectivity index (χ1) is 10.2. The maximum atomic E-state index is 12.0. The second kappa shape index (κ2) is 7.58. The lowest BCUT2D eigenvalue weighted by atomic mass is 10.1. The molecule has 1 saturated heterocycles. The molecule has 1 aliphatic rings. The van der Waals surface area contributed by atoms with Crippen LogP contribution in [0, 0.1) is 0 Å². The molecule has 22 heavy (non-hydrogen) atoms. The van der Waals surface area contributed by atoms with Crippen molar-refractivity contribution in [2.24, 2.45) is 0 Å². The molecule has 1 aliphatic heterocycles. The predicted molar refractivity (Wildman–Crippen MR) is 86.2 cm³/mol. The maximum absolute atomic E-state index is 12.0. The molecule has 0 bridgehead atoms. The van der Waals surface area contributed by atoms with Crippen molar-refractivity contribution in [3.63, 3.8) is 0 Å². The zero-order valence-corrected chi connectivity index (χ0v) is 13.2. The number of halogens is 1. The summed E-state index contributed by atoms with van der Waals surface area (Å²) in [5.41, 5.74) is 2.15. The second-order valence-electron chi connectivity index (χ2n) is 5.27. The second-order valence-corrected chi connectivity index (χ2v) is 5.27. The minimum absolute atomic E-state index is 0. The molecule has 0 radical (unpaired) electrons. The smallest absolute Gasteiger partial charge is 0.225 e. The zero-order valence-electron chi connectivity index (χ0n) is 12.4. The molecule has 1 unspecified atom stereocenters. The highest BCUT2D eigenvalue weighted by molar-refractivity contribution is 5.93. The van der Waals surface area contributed by atoms with Gasteiger partial charge in [-0.3, -0.25) is 4.79 Å². The quantitative estimate of drug-likeness (QED) is 0.883. The van der Waals surface area contributed by atoms with E-state index in [-0.39, 0.29) is 18.3 Å². The summed E-state index contributed by atoms with van der Waals surface area (Å²) in [4.78, 5) is 16.3. The Morgan fingerprint density at radius 1 is 1.55 bits per heavy atom. The van der Waals surface area contributed by atoms with E-state index in [9.17, 15) is 4.79 Å². The van der Waals surface area contributed by atoms with Gasteiger partial charge in [0.25, 0.3) is 0 Å². The predicted octanol–water partition coefficient (Wildman–Crippen LogP) is 2.48. The van der Waals surface area contributed by atoms with E-state index in [1.807, 2.05) is 18.2 Å². The molecule has 7 heteroatoms. The first-order valence-electron chi connectivity index (χ1n) is 7.16. The lowest BCUT2D eigenvalue weighted by Crippen LogP contribution is -2.27. The number of nitrogens with zero attached hydrogens (tertiary/aromatic N) is 1. The van der Waals surface area contributed by atoms with E-state index in [1.165, 1.54) is 0 Å². The topological polar surface area (TPSA) is 76.4 Å². The fourth-order valence-electron chi connectivity index (χ4n) is 2.60. The standard InChI is InChI=1S/C15H19N3O3.ClH/c1-20-9-15-18-12-7-11(4-5-13(12)21-15)17-14(19)8-10-3-2-6-16-10;/h4-5,7,10,16H,2-3,6,8-9H2,1H3,(H,17,19);1H. The molecule has 0 spiro atoms. The summed E-state index contributed by atoms with van der Waals surface area (Å²) >= 11 is 0. The lowest BCUT2D eigenvalue weighted by Gasteiger charge is -2.10. The van der Waals surface area contributed by atoms with Crippen molar-refractivity contribution in [3.05, 3.63) is 24.1 Å². The number of rotatable bonds is 5. The van der Waals surface area contributed by atoms with Gasteiger partial charge in [0.15, 0.2) is 5.58 Å². The first-order valence-corrected chi connectivity index (χ1v) is 7.16. The number of ether oxygens (including phenoxy) is 1. The number of nitrogens with one attached hydrogen (secondary N) is 2. The Kier molecular flexibility index (Phi) is 5.76. The van der Waals surface area contributed by atoms with Crippen molar-refractivity contribution in [2.45, 2.75) is 31.9 Å². The Bertz CT molecular complexity index is 638. The molecular formula is C15H20ClN3O3. The number of benzene rings is 1. The molecule has 120 valence electrons. The van der Waals surface area contributed by atoms with Crippen LogP contribution in [0.25, 0.3) is 11.1 Å². The minimum Gasteiger partial charge on any atom is -0.438 e. The number of carbonyl (C=O) groups is 1. The summed E-state index contributed by atoms with van der Waals surface area (Å²) in [5.74, 6) is 0.556. The van der Waals surface area contributed by atoms with Crippen LogP contribution in [-0.2, 0) is 16.1 Å². The highest BCUT2D eigenvalue weighted by atomic mass is 35.5. The number of carbonyl (C=O) groups excluding carboxylic acids is 1. The molecule has 3 rings (SSSR count). The van der Waals surface area contributed by atoms with Crippen LogP contribution in [-0.4, -0.2) is 30.6 Å². The van der Waals surface area contributed by atoms with Gasteiger partial charge in [-0.15, -0.1) is 12.4 Å². The molecule has 1 aromatic carbocycles. The normalized spacial score (nSPS) is 17.4. The Hall–Kier alpha value is -1.63. The van der Waals surface area contributed by atoms with Crippen LogP contribution in [0.4, 0.5) is 5.69 Å². The van der Waals surface area contributed by atoms with E-state index >= 15 is 0 Å². The van der Waals surface area contributed by atoms with E-state index < -0.39 is 0 Å². The molecule has 1 aromatic heterocycles. The van der Waals surface area contributed by atoms with Gasteiger partial charge in [-0.2, -0.15) is 0 Å². The molecule has 0 aliphatic carbocycles. The number of anilines is 1. The van der Waals surface area contributed by atoms with Crippen molar-refractivity contribution in [2.75, 3.05) is 19.0 Å². The average Bonchev–Trinajstić information content (AvgIpc) is 3.07. The third-order valence-corrected chi connectivity index (χ3v) is 3.58. The number of aromatic nitrogens is 1. The molecule has 6 nitrogen and oxygen atoms in total. The van der Waals surface area contributed by atoms with E-state index in [0.29, 0.717) is 30.5 Å². The summed E-state index contributed by atoms with van der Waals surface area (Å²) in [6, 6.07) is 5.75. The van der Waals surface area contributed by atoms with Gasteiger partial charge in [-0.25, -0.2) is 4.98 Å². The summed E-state index contributed by atoms with van der Waals surface area (Å²) in [7, 11) is 1.59. The van der Waals surface area contributed by atoms with Gasteiger partial charge in [-0.05, 0) is 37.6 Å². The fourth-order valence-corrected chi connectivity index (χ4v) is 2.60. The van der Waals surface area contributed by atoms with Gasteiger partial charge in [0.1, 0.15) is 12.1 Å². The van der Waals surface area contributed by atoms with E-state index in [2.05, 4.69) is 15.6 Å². The largest absolute Gasteiger partial charge is 0.438 e. The Labute approximate surface area is 135 Å². The van der Waals surface area contributed by atoms with Gasteiger partial charge in [0.05, 0.1) is 0 Å². The van der Waals surface area contributed by atoms with Crippen LogP contribution >= 0.6 is 12.4 Å². The van der Waals surface area contributed by atoms with Crippen LogP contribution in [0.2, 0.25) is 0 Å². The molecule has 2 heterocycles. The SMILES string of the molecule is COCc1nc2cc(NC(=O)CC3CCCN3)ccc2o1.Cl. The minimum atomic E-state index is 0. The third-order valence-electron chi connectivity index (χ3n) is 3.58. The van der Waals surface area contributed by atoms with Crippen LogP contribution < -0.4 is 10.6 Å². The van der Waals surface area contributed by atoms with Gasteiger partial charge >= 0.3 is 0 Å². The fraction of sp³-hybridized carbons (Fsp3) is 0.467. The monoisotopic (exact) mass is 325 g/mol. The van der Waals surface area contributed by atoms with Gasteiger partial charge < -0.3 is 19.8 Å². The van der Waals surface area contributed by atoms with Crippen molar-refractivity contribution in [1.82, 2.24) is 10.3 Å². The number of hydrogen-bond donors (Lipinski definition) is 2.